The zero-order valence-corrected chi connectivity index (χ0v) is 9.90. The molecule has 1 aliphatic rings. The van der Waals surface area contributed by atoms with Crippen LogP contribution in [0.15, 0.2) is 0 Å². The fraction of sp³-hybridized carbons (Fsp3) is 1.00. The Hall–Kier alpha value is 0. The van der Waals surface area contributed by atoms with Gasteiger partial charge in [-0.25, -0.2) is 0 Å². The molecule has 0 N–H and O–H groups in total. The molecule has 0 radical (unpaired) electrons. The topological polar surface area (TPSA) is 0 Å². The SMILES string of the molecule is CCCC1CCCCC1C(C)(C)C. The third-order valence-electron chi connectivity index (χ3n) is 3.68. The Kier molecular flexibility index (Phi) is 3.82. The molecule has 1 aliphatic carbocycles. The van der Waals surface area contributed by atoms with E-state index in [-0.39, 0.29) is 0 Å². The number of hydrogen-bond acceptors (Lipinski definition) is 0. The Morgan fingerprint density at radius 1 is 1.08 bits per heavy atom. The van der Waals surface area contributed by atoms with Crippen molar-refractivity contribution in [3.63, 3.8) is 0 Å². The van der Waals surface area contributed by atoms with Crippen LogP contribution < -0.4 is 0 Å². The van der Waals surface area contributed by atoms with Crippen molar-refractivity contribution in [2.45, 2.75) is 66.2 Å². The molecule has 0 spiro atoms. The van der Waals surface area contributed by atoms with Crippen molar-refractivity contribution in [3.8, 4) is 0 Å². The summed E-state index contributed by atoms with van der Waals surface area (Å²) in [6.07, 6.45) is 8.77. The first-order valence-corrected chi connectivity index (χ1v) is 6.05. The zero-order valence-electron chi connectivity index (χ0n) is 9.90. The van der Waals surface area contributed by atoms with Crippen LogP contribution in [0.5, 0.6) is 0 Å². The maximum Gasteiger partial charge on any atom is -0.0337 e. The molecule has 0 aromatic heterocycles. The largest absolute Gasteiger partial charge is 0.0654 e. The van der Waals surface area contributed by atoms with Crippen LogP contribution in [0.25, 0.3) is 0 Å². The van der Waals surface area contributed by atoms with Gasteiger partial charge in [0.25, 0.3) is 0 Å². The summed E-state index contributed by atoms with van der Waals surface area (Å²) in [5.41, 5.74) is 0.542. The van der Waals surface area contributed by atoms with Crippen LogP contribution in [0, 0.1) is 17.3 Å². The van der Waals surface area contributed by atoms with Crippen molar-refractivity contribution >= 4 is 0 Å². The van der Waals surface area contributed by atoms with E-state index < -0.39 is 0 Å². The van der Waals surface area contributed by atoms with Crippen molar-refractivity contribution < 1.29 is 0 Å². The van der Waals surface area contributed by atoms with Gasteiger partial charge in [0.15, 0.2) is 0 Å². The molecular weight excluding hydrogens is 156 g/mol. The summed E-state index contributed by atoms with van der Waals surface area (Å²) in [6.45, 7) is 9.59. The Balaban J connectivity index is 2.56. The normalized spacial score (nSPS) is 30.5. The molecule has 0 bridgehead atoms. The predicted octanol–water partition coefficient (Wildman–Crippen LogP) is 4.64. The lowest BCUT2D eigenvalue weighted by atomic mass is 9.65. The molecule has 0 nitrogen and oxygen atoms in total. The van der Waals surface area contributed by atoms with E-state index in [1.165, 1.54) is 38.5 Å². The molecule has 0 heteroatoms. The van der Waals surface area contributed by atoms with Gasteiger partial charge in [-0.3, -0.25) is 0 Å². The smallest absolute Gasteiger partial charge is 0.0337 e. The van der Waals surface area contributed by atoms with E-state index in [4.69, 9.17) is 0 Å². The molecule has 0 aromatic carbocycles. The van der Waals surface area contributed by atoms with Gasteiger partial charge in [0.1, 0.15) is 0 Å². The molecule has 1 saturated carbocycles. The molecule has 78 valence electrons. The fourth-order valence-corrected chi connectivity index (χ4v) is 3.06. The molecule has 0 aliphatic heterocycles. The summed E-state index contributed by atoms with van der Waals surface area (Å²) in [5, 5.41) is 0. The van der Waals surface area contributed by atoms with E-state index in [1.807, 2.05) is 0 Å². The van der Waals surface area contributed by atoms with E-state index in [1.54, 1.807) is 0 Å². The molecule has 2 atom stereocenters. The van der Waals surface area contributed by atoms with Gasteiger partial charge in [0.05, 0.1) is 0 Å². The highest BCUT2D eigenvalue weighted by molar-refractivity contribution is 4.83. The van der Waals surface area contributed by atoms with Crippen molar-refractivity contribution in [1.82, 2.24) is 0 Å². The molecule has 0 saturated heterocycles. The van der Waals surface area contributed by atoms with Gasteiger partial charge in [-0.15, -0.1) is 0 Å². The van der Waals surface area contributed by atoms with Gasteiger partial charge in [0, 0.05) is 0 Å². The van der Waals surface area contributed by atoms with Crippen molar-refractivity contribution in [2.75, 3.05) is 0 Å². The average Bonchev–Trinajstić information content (AvgIpc) is 2.04. The van der Waals surface area contributed by atoms with Gasteiger partial charge in [-0.05, 0) is 23.7 Å². The minimum atomic E-state index is 0.542. The monoisotopic (exact) mass is 182 g/mol. The highest BCUT2D eigenvalue weighted by Gasteiger charge is 2.33. The summed E-state index contributed by atoms with van der Waals surface area (Å²) in [6, 6.07) is 0. The zero-order chi connectivity index (χ0) is 9.90. The lowest BCUT2D eigenvalue weighted by molar-refractivity contribution is 0.101. The third-order valence-corrected chi connectivity index (χ3v) is 3.68. The second-order valence-corrected chi connectivity index (χ2v) is 5.81. The van der Waals surface area contributed by atoms with Crippen LogP contribution in [0.2, 0.25) is 0 Å². The van der Waals surface area contributed by atoms with E-state index >= 15 is 0 Å². The second-order valence-electron chi connectivity index (χ2n) is 5.81. The molecule has 2 unspecified atom stereocenters. The van der Waals surface area contributed by atoms with Gasteiger partial charge in [0.2, 0.25) is 0 Å². The van der Waals surface area contributed by atoms with Crippen LogP contribution in [0.3, 0.4) is 0 Å². The molecule has 0 aromatic rings. The minimum Gasteiger partial charge on any atom is -0.0654 e. The van der Waals surface area contributed by atoms with Crippen LogP contribution in [0.4, 0.5) is 0 Å². The third kappa shape index (κ3) is 3.00. The van der Waals surface area contributed by atoms with Crippen LogP contribution in [0.1, 0.15) is 66.2 Å². The molecular formula is C13H26. The van der Waals surface area contributed by atoms with Crippen LogP contribution in [-0.4, -0.2) is 0 Å². The summed E-state index contributed by atoms with van der Waals surface area (Å²) >= 11 is 0. The summed E-state index contributed by atoms with van der Waals surface area (Å²) in [5.74, 6) is 2.01. The number of rotatable bonds is 2. The van der Waals surface area contributed by atoms with E-state index in [0.29, 0.717) is 5.41 Å². The summed E-state index contributed by atoms with van der Waals surface area (Å²) < 4.78 is 0. The maximum absolute atomic E-state index is 2.42. The molecule has 0 amide bonds. The lowest BCUT2D eigenvalue weighted by Crippen LogP contribution is -2.30. The highest BCUT2D eigenvalue weighted by Crippen LogP contribution is 2.43. The number of hydrogen-bond donors (Lipinski definition) is 0. The summed E-state index contributed by atoms with van der Waals surface area (Å²) in [4.78, 5) is 0. The molecule has 0 heterocycles. The quantitative estimate of drug-likeness (QED) is 0.583. The molecule has 13 heavy (non-hydrogen) atoms. The van der Waals surface area contributed by atoms with Gasteiger partial charge in [-0.1, -0.05) is 59.8 Å². The average molecular weight is 182 g/mol. The maximum atomic E-state index is 2.42. The van der Waals surface area contributed by atoms with E-state index in [0.717, 1.165) is 11.8 Å². The Labute approximate surface area is 84.1 Å². The van der Waals surface area contributed by atoms with Crippen molar-refractivity contribution in [3.05, 3.63) is 0 Å². The van der Waals surface area contributed by atoms with Gasteiger partial charge in [-0.2, -0.15) is 0 Å². The first-order chi connectivity index (χ1) is 6.05. The van der Waals surface area contributed by atoms with Gasteiger partial charge >= 0.3 is 0 Å². The predicted molar refractivity (Wildman–Crippen MR) is 59.8 cm³/mol. The van der Waals surface area contributed by atoms with Gasteiger partial charge < -0.3 is 0 Å². The first kappa shape index (κ1) is 11.1. The lowest BCUT2D eigenvalue weighted by Gasteiger charge is -2.40. The highest BCUT2D eigenvalue weighted by atomic mass is 14.4. The second kappa shape index (κ2) is 4.48. The standard InChI is InChI=1S/C13H26/c1-5-8-11-9-6-7-10-12(11)13(2,3)4/h11-12H,5-10H2,1-4H3. The summed E-state index contributed by atoms with van der Waals surface area (Å²) in [7, 11) is 0. The van der Waals surface area contributed by atoms with Crippen molar-refractivity contribution in [2.24, 2.45) is 17.3 Å². The molecule has 1 rings (SSSR count). The Morgan fingerprint density at radius 3 is 2.23 bits per heavy atom. The van der Waals surface area contributed by atoms with Crippen molar-refractivity contribution in [1.29, 1.82) is 0 Å². The Bertz CT molecular complexity index is 139. The van der Waals surface area contributed by atoms with Crippen LogP contribution >= 0.6 is 0 Å². The molecule has 1 fully saturated rings. The fourth-order valence-electron chi connectivity index (χ4n) is 3.06. The minimum absolute atomic E-state index is 0.542. The Morgan fingerprint density at radius 2 is 1.69 bits per heavy atom. The van der Waals surface area contributed by atoms with E-state index in [9.17, 15) is 0 Å². The van der Waals surface area contributed by atoms with Crippen LogP contribution in [-0.2, 0) is 0 Å². The van der Waals surface area contributed by atoms with E-state index in [2.05, 4.69) is 27.7 Å². The first-order valence-electron chi connectivity index (χ1n) is 6.05.